The zero-order chi connectivity index (χ0) is 65.0. The van der Waals surface area contributed by atoms with E-state index in [1.54, 1.807) is 46.2 Å². The van der Waals surface area contributed by atoms with E-state index >= 15 is 9.59 Å². The zero-order valence-electron chi connectivity index (χ0n) is 51.5. The lowest BCUT2D eigenvalue weighted by atomic mass is 9.89. The first kappa shape index (κ1) is 64.9. The summed E-state index contributed by atoms with van der Waals surface area (Å²) in [4.78, 5) is 44.7. The lowest BCUT2D eigenvalue weighted by Crippen LogP contribution is -2.30. The van der Waals surface area contributed by atoms with Crippen LogP contribution >= 0.6 is 46.2 Å². The van der Waals surface area contributed by atoms with Gasteiger partial charge in [0, 0.05) is 77.8 Å². The molecular weight excluding hydrogens is 1220 g/mol. The lowest BCUT2D eigenvalue weighted by Gasteiger charge is -2.32. The van der Waals surface area contributed by atoms with Crippen LogP contribution in [0.5, 0.6) is 0 Å². The number of nitriles is 8. The van der Waals surface area contributed by atoms with Gasteiger partial charge in [-0.05, 0) is 111 Å². The van der Waals surface area contributed by atoms with Crippen LogP contribution in [0.25, 0.3) is 33.7 Å². The number of amides is 2. The van der Waals surface area contributed by atoms with Crippen LogP contribution < -0.4 is 9.80 Å². The number of allylic oxidation sites excluding steroid dienone is 8. The van der Waals surface area contributed by atoms with Gasteiger partial charge < -0.3 is 19.6 Å². The van der Waals surface area contributed by atoms with Gasteiger partial charge in [-0.1, -0.05) is 138 Å². The number of rotatable bonds is 24. The third kappa shape index (κ3) is 12.4. The van der Waals surface area contributed by atoms with Crippen LogP contribution in [0.4, 0.5) is 22.7 Å². The number of nitrogens with zero attached hydrogens (tertiary/aromatic N) is 12. The molecule has 4 aromatic carbocycles. The maximum Gasteiger partial charge on any atom is 0.261 e. The fourth-order valence-corrected chi connectivity index (χ4v) is 16.9. The van der Waals surface area contributed by atoms with Crippen molar-refractivity contribution >= 4 is 114 Å². The van der Waals surface area contributed by atoms with Crippen molar-refractivity contribution in [1.82, 2.24) is 9.80 Å². The molecule has 2 amide bonds. The van der Waals surface area contributed by atoms with Crippen LogP contribution in [0.2, 0.25) is 0 Å². The molecule has 0 bridgehead atoms. The molecule has 14 nitrogen and oxygen atoms in total. The molecule has 0 saturated heterocycles. The molecule has 18 heteroatoms. The highest BCUT2D eigenvalue weighted by molar-refractivity contribution is 8.00. The molecule has 2 aromatic heterocycles. The minimum absolute atomic E-state index is 0.0602. The number of fused-ring (bicyclic) bond motifs is 5. The SMILES string of the molecule is CCCCCCCCN1C(=O)C2=C(c3ccc(C(=C(C#N)C#N)C(=C(C#N)C#N)c4ccc5c(c4)Sc4ccccc4N5CC)s3)N(CCCCCCCC)C(=O)C2=C1c1ccc(C(=C(C#N)C#N)C(=C(C#N)C#N)c2ccc3c(c2)Sc2ccccc2N3CC)s1. The largest absolute Gasteiger partial charge is 0.340 e. The van der Waals surface area contributed by atoms with Crippen LogP contribution in [-0.4, -0.2) is 47.8 Å². The Hall–Kier alpha value is -10.1. The summed E-state index contributed by atoms with van der Waals surface area (Å²) < 4.78 is 0. The van der Waals surface area contributed by atoms with E-state index in [1.165, 1.54) is 23.5 Å². The first-order valence-corrected chi connectivity index (χ1v) is 34.2. The van der Waals surface area contributed by atoms with Gasteiger partial charge in [0.25, 0.3) is 11.8 Å². The summed E-state index contributed by atoms with van der Waals surface area (Å²) in [5.41, 5.74) is 4.81. The van der Waals surface area contributed by atoms with Gasteiger partial charge in [-0.2, -0.15) is 42.1 Å². The van der Waals surface area contributed by atoms with Crippen LogP contribution in [0.1, 0.15) is 135 Å². The third-order valence-electron chi connectivity index (χ3n) is 16.7. The summed E-state index contributed by atoms with van der Waals surface area (Å²) in [7, 11) is 0. The fraction of sp³-hybridized carbons (Fsp3) is 0.270. The Kier molecular flexibility index (Phi) is 20.9. The van der Waals surface area contributed by atoms with Crippen molar-refractivity contribution in [3.8, 4) is 48.6 Å². The summed E-state index contributed by atoms with van der Waals surface area (Å²) in [6.07, 6.45) is 11.0. The molecule has 4 aliphatic heterocycles. The predicted octanol–water partition coefficient (Wildman–Crippen LogP) is 18.2. The van der Waals surface area contributed by atoms with Gasteiger partial charge in [-0.25, -0.2) is 0 Å². The van der Waals surface area contributed by atoms with Crippen molar-refractivity contribution < 1.29 is 9.59 Å². The number of thiophene rings is 2. The standard InChI is InChI=1S/C74H62N12O2S4/c1-5-9-11-13-15-21-35-85-71(61-33-31-59(91-61)67(51(43-79)44-80)65(49(39-75)40-76)47-27-29-55-63(37-47)89-57-25-19-17-23-53(57)83(55)7-3)69-70(73(85)87)72(86(74(69)88)36-22-16-14-12-10-6-2)62-34-32-60(92-62)68(52(45-81)46-82)66(50(41-77)42-78)48-28-30-56-64(38-48)90-58-26-20-18-24-54(58)84(56)8-4/h17-20,23-34,37-38H,5-16,21-22,35-36H2,1-4H3. The summed E-state index contributed by atoms with van der Waals surface area (Å²) in [6.45, 7) is 10.2. The monoisotopic (exact) mass is 1280 g/mol. The molecule has 6 heterocycles. The fourth-order valence-electron chi connectivity index (χ4n) is 12.4. The molecule has 0 spiro atoms. The van der Waals surface area contributed by atoms with E-state index < -0.39 is 11.8 Å². The lowest BCUT2D eigenvalue weighted by molar-refractivity contribution is -0.124. The van der Waals surface area contributed by atoms with Gasteiger partial charge in [0.05, 0.1) is 55.0 Å². The molecule has 0 unspecified atom stereocenters. The van der Waals surface area contributed by atoms with Gasteiger partial charge in [0.1, 0.15) is 70.8 Å². The van der Waals surface area contributed by atoms with E-state index in [2.05, 4.69) is 98.2 Å². The van der Waals surface area contributed by atoms with Crippen molar-refractivity contribution in [3.05, 3.63) is 173 Å². The molecule has 10 rings (SSSR count). The van der Waals surface area contributed by atoms with E-state index in [4.69, 9.17) is 0 Å². The number of para-hydroxylation sites is 2. The number of carbonyl (C=O) groups excluding carboxylic acids is 2. The number of hydrogen-bond donors (Lipinski definition) is 0. The number of unbranched alkanes of at least 4 members (excludes halogenated alkanes) is 10. The van der Waals surface area contributed by atoms with Crippen molar-refractivity contribution in [2.24, 2.45) is 0 Å². The maximum atomic E-state index is 15.8. The smallest absolute Gasteiger partial charge is 0.261 e. The van der Waals surface area contributed by atoms with Gasteiger partial charge in [-0.3, -0.25) is 9.59 Å². The minimum Gasteiger partial charge on any atom is -0.340 e. The number of anilines is 4. The molecule has 0 atom stereocenters. The van der Waals surface area contributed by atoms with Crippen molar-refractivity contribution in [2.75, 3.05) is 36.0 Å². The molecule has 92 heavy (non-hydrogen) atoms. The van der Waals surface area contributed by atoms with Crippen LogP contribution in [0, 0.1) is 90.6 Å². The van der Waals surface area contributed by atoms with E-state index in [0.717, 1.165) is 129 Å². The molecule has 4 aliphatic rings. The normalized spacial score (nSPS) is 13.2. The summed E-state index contributed by atoms with van der Waals surface area (Å²) in [6, 6.07) is 50.7. The highest BCUT2D eigenvalue weighted by Gasteiger charge is 2.49. The Morgan fingerprint density at radius 1 is 0.370 bits per heavy atom. The zero-order valence-corrected chi connectivity index (χ0v) is 54.8. The Morgan fingerprint density at radius 2 is 0.707 bits per heavy atom. The highest BCUT2D eigenvalue weighted by atomic mass is 32.2. The Bertz CT molecular complexity index is 4200. The van der Waals surface area contributed by atoms with Crippen LogP contribution in [0.15, 0.2) is 162 Å². The minimum atomic E-state index is -0.407. The van der Waals surface area contributed by atoms with E-state index in [-0.39, 0.29) is 68.8 Å². The molecule has 0 fully saturated rings. The molecule has 0 N–H and O–H groups in total. The summed E-state index contributed by atoms with van der Waals surface area (Å²) in [5, 5.41) is 86.0. The molecule has 0 aliphatic carbocycles. The first-order chi connectivity index (χ1) is 45.0. The summed E-state index contributed by atoms with van der Waals surface area (Å²) in [5.74, 6) is -0.814. The third-order valence-corrected chi connectivity index (χ3v) is 21.1. The molecule has 6 aromatic rings. The Balaban J connectivity index is 1.14. The second kappa shape index (κ2) is 29.7. The van der Waals surface area contributed by atoms with Crippen molar-refractivity contribution in [1.29, 1.82) is 42.1 Å². The van der Waals surface area contributed by atoms with Gasteiger partial charge in [0.15, 0.2) is 0 Å². The second-order valence-electron chi connectivity index (χ2n) is 22.1. The molecule has 454 valence electrons. The van der Waals surface area contributed by atoms with Crippen LogP contribution in [0.3, 0.4) is 0 Å². The highest BCUT2D eigenvalue weighted by Crippen LogP contribution is 2.55. The second-order valence-corrected chi connectivity index (χ2v) is 26.4. The Morgan fingerprint density at radius 3 is 1.07 bits per heavy atom. The van der Waals surface area contributed by atoms with Gasteiger partial charge in [-0.15, -0.1) is 22.7 Å². The van der Waals surface area contributed by atoms with Crippen LogP contribution in [-0.2, 0) is 9.59 Å². The quantitative estimate of drug-likeness (QED) is 0.0311. The average Bonchev–Trinajstić information content (AvgIpc) is 1.54. The molecule has 0 radical (unpaired) electrons. The first-order valence-electron chi connectivity index (χ1n) is 30.9. The van der Waals surface area contributed by atoms with Crippen molar-refractivity contribution in [2.45, 2.75) is 124 Å². The van der Waals surface area contributed by atoms with Crippen molar-refractivity contribution in [3.63, 3.8) is 0 Å². The Labute approximate surface area is 554 Å². The molecule has 0 saturated carbocycles. The van der Waals surface area contributed by atoms with E-state index in [0.29, 0.717) is 68.0 Å². The average molecular weight is 1280 g/mol. The summed E-state index contributed by atoms with van der Waals surface area (Å²) >= 11 is 5.37. The maximum absolute atomic E-state index is 15.8. The number of hydrogen-bond acceptors (Lipinski definition) is 16. The number of carbonyl (C=O) groups is 2. The van der Waals surface area contributed by atoms with Gasteiger partial charge in [0.2, 0.25) is 0 Å². The predicted molar refractivity (Wildman–Crippen MR) is 365 cm³/mol. The van der Waals surface area contributed by atoms with E-state index in [1.807, 2.05) is 60.7 Å². The molecular formula is C74H62N12O2S4. The number of benzene rings is 4. The van der Waals surface area contributed by atoms with E-state index in [9.17, 15) is 42.1 Å². The topological polar surface area (TPSA) is 237 Å². The van der Waals surface area contributed by atoms with Gasteiger partial charge >= 0.3 is 0 Å².